The number of likely N-dealkylation sites (tertiary alicyclic amines) is 1. The minimum Gasteiger partial charge on any atom is -0.396 e. The highest BCUT2D eigenvalue weighted by atomic mass is 16.3. The molecule has 1 heterocycles. The van der Waals surface area contributed by atoms with E-state index in [0.29, 0.717) is 18.7 Å². The molecule has 1 saturated heterocycles. The first-order valence-electron chi connectivity index (χ1n) is 19.5. The van der Waals surface area contributed by atoms with Crippen molar-refractivity contribution < 1.29 is 19.2 Å². The van der Waals surface area contributed by atoms with Crippen LogP contribution in [0.4, 0.5) is 0 Å². The molecule has 1 fully saturated rings. The summed E-state index contributed by atoms with van der Waals surface area (Å²) in [6, 6.07) is 0. The fraction of sp³-hybridized carbons (Fsp3) is 0.947. The van der Waals surface area contributed by atoms with E-state index >= 15 is 0 Å². The lowest BCUT2D eigenvalue weighted by Gasteiger charge is -2.38. The zero-order valence-electron chi connectivity index (χ0n) is 29.7. The van der Waals surface area contributed by atoms with Crippen molar-refractivity contribution in [3.05, 3.63) is 0 Å². The van der Waals surface area contributed by atoms with E-state index in [1.807, 2.05) is 0 Å². The van der Waals surface area contributed by atoms with Crippen LogP contribution in [0.25, 0.3) is 0 Å². The van der Waals surface area contributed by atoms with Crippen LogP contribution in [0.2, 0.25) is 0 Å². The molecule has 44 heavy (non-hydrogen) atoms. The van der Waals surface area contributed by atoms with Gasteiger partial charge in [0, 0.05) is 32.5 Å². The Morgan fingerprint density at radius 3 is 1.61 bits per heavy atom. The molecule has 0 aromatic heterocycles. The first-order valence-corrected chi connectivity index (χ1v) is 19.5. The third-order valence-corrected chi connectivity index (χ3v) is 9.74. The molecule has 1 aliphatic heterocycles. The molecule has 1 aliphatic rings. The fourth-order valence-corrected chi connectivity index (χ4v) is 6.78. The quantitative estimate of drug-likeness (QED) is 0.0566. The van der Waals surface area contributed by atoms with Gasteiger partial charge in [-0.05, 0) is 44.9 Å². The second kappa shape index (κ2) is 29.3. The normalized spacial score (nSPS) is 14.8. The van der Waals surface area contributed by atoms with E-state index in [4.69, 9.17) is 5.11 Å². The molecule has 1 unspecified atom stereocenters. The summed E-state index contributed by atoms with van der Waals surface area (Å²) in [6.07, 6.45) is 34.7. The van der Waals surface area contributed by atoms with Crippen molar-refractivity contribution in [3.63, 3.8) is 0 Å². The summed E-state index contributed by atoms with van der Waals surface area (Å²) in [7, 11) is 2.29. The number of carbonyl (C=O) groups is 2. The van der Waals surface area contributed by atoms with Gasteiger partial charge in [-0.3, -0.25) is 14.5 Å². The minimum absolute atomic E-state index is 0.209. The van der Waals surface area contributed by atoms with Gasteiger partial charge in [-0.25, -0.2) is 0 Å². The number of nitrogens with zero attached hydrogens (tertiary/aromatic N) is 2. The molecule has 0 bridgehead atoms. The molecule has 0 aromatic rings. The lowest BCUT2D eigenvalue weighted by atomic mass is 10.0. The molecule has 0 saturated carbocycles. The van der Waals surface area contributed by atoms with Crippen LogP contribution in [0.1, 0.15) is 187 Å². The van der Waals surface area contributed by atoms with Crippen LogP contribution < -0.4 is 5.32 Å². The maximum Gasteiger partial charge on any atom is 0.226 e. The molecule has 6 heteroatoms. The van der Waals surface area contributed by atoms with Crippen molar-refractivity contribution in [1.29, 1.82) is 0 Å². The molecule has 2 amide bonds. The van der Waals surface area contributed by atoms with Gasteiger partial charge < -0.3 is 14.9 Å². The van der Waals surface area contributed by atoms with Crippen molar-refractivity contribution in [2.75, 3.05) is 46.5 Å². The molecule has 1 rings (SSSR count). The first kappa shape index (κ1) is 40.9. The zero-order valence-corrected chi connectivity index (χ0v) is 29.7. The third kappa shape index (κ3) is 24.1. The van der Waals surface area contributed by atoms with Crippen molar-refractivity contribution in [2.45, 2.75) is 187 Å². The van der Waals surface area contributed by atoms with Gasteiger partial charge >= 0.3 is 0 Å². The number of hydrogen-bond acceptors (Lipinski definition) is 3. The molecule has 0 aliphatic carbocycles. The van der Waals surface area contributed by atoms with Gasteiger partial charge in [0.25, 0.3) is 0 Å². The Balaban J connectivity index is 1.94. The maximum absolute atomic E-state index is 12.3. The predicted molar refractivity (Wildman–Crippen MR) is 188 cm³/mol. The highest BCUT2D eigenvalue weighted by molar-refractivity contribution is 5.77. The Bertz CT molecular complexity index is 674. The summed E-state index contributed by atoms with van der Waals surface area (Å²) in [5.74, 6) is 0.512. The van der Waals surface area contributed by atoms with Gasteiger partial charge in [0.15, 0.2) is 6.67 Å². The van der Waals surface area contributed by atoms with E-state index in [-0.39, 0.29) is 12.5 Å². The lowest BCUT2D eigenvalue weighted by Crippen LogP contribution is -2.53. The van der Waals surface area contributed by atoms with Crippen molar-refractivity contribution in [2.24, 2.45) is 0 Å². The van der Waals surface area contributed by atoms with Gasteiger partial charge in [0.05, 0.1) is 20.1 Å². The number of carbonyl (C=O) groups excluding carboxylic acids is 2. The Labute approximate surface area is 274 Å². The van der Waals surface area contributed by atoms with Crippen molar-refractivity contribution in [1.82, 2.24) is 10.2 Å². The summed E-state index contributed by atoms with van der Waals surface area (Å²) in [5, 5.41) is 12.2. The van der Waals surface area contributed by atoms with Crippen LogP contribution in [0, 0.1) is 0 Å². The number of rotatable bonds is 33. The molecule has 0 radical (unpaired) electrons. The second-order valence-corrected chi connectivity index (χ2v) is 14.3. The smallest absolute Gasteiger partial charge is 0.226 e. The zero-order chi connectivity index (χ0) is 32.0. The monoisotopic (exact) mass is 623 g/mol. The first-order chi connectivity index (χ1) is 21.5. The van der Waals surface area contributed by atoms with Gasteiger partial charge in [-0.2, -0.15) is 0 Å². The molecule has 2 N–H and O–H groups in total. The number of amides is 2. The van der Waals surface area contributed by atoms with Crippen LogP contribution >= 0.6 is 0 Å². The van der Waals surface area contributed by atoms with Gasteiger partial charge in [0.2, 0.25) is 11.8 Å². The fourth-order valence-electron chi connectivity index (χ4n) is 6.78. The van der Waals surface area contributed by atoms with Gasteiger partial charge in [0.1, 0.15) is 0 Å². The summed E-state index contributed by atoms with van der Waals surface area (Å²) in [5.41, 5.74) is 0. The van der Waals surface area contributed by atoms with E-state index in [1.165, 1.54) is 116 Å². The average Bonchev–Trinajstić information content (AvgIpc) is 3.41. The number of aliphatic hydroxyl groups is 1. The van der Waals surface area contributed by atoms with Crippen LogP contribution in [0.3, 0.4) is 0 Å². The summed E-state index contributed by atoms with van der Waals surface area (Å²) in [6.45, 7) is 7.15. The van der Waals surface area contributed by atoms with E-state index < -0.39 is 0 Å². The lowest BCUT2D eigenvalue weighted by molar-refractivity contribution is -0.918. The second-order valence-electron chi connectivity index (χ2n) is 14.3. The number of unbranched alkanes of at least 4 members (excludes halogenated alkanes) is 22. The van der Waals surface area contributed by atoms with E-state index in [0.717, 1.165) is 88.7 Å². The molecule has 6 nitrogen and oxygen atoms in total. The molecular weight excluding hydrogens is 546 g/mol. The van der Waals surface area contributed by atoms with E-state index in [1.54, 1.807) is 0 Å². The Kier molecular flexibility index (Phi) is 27.2. The topological polar surface area (TPSA) is 69.6 Å². The van der Waals surface area contributed by atoms with Crippen LogP contribution in [0.15, 0.2) is 0 Å². The summed E-state index contributed by atoms with van der Waals surface area (Å²) < 4.78 is 0.901. The van der Waals surface area contributed by atoms with E-state index in [9.17, 15) is 9.59 Å². The molecule has 0 aromatic carbocycles. The average molecular weight is 623 g/mol. The largest absolute Gasteiger partial charge is 0.396 e. The van der Waals surface area contributed by atoms with Crippen LogP contribution in [-0.2, 0) is 9.59 Å². The van der Waals surface area contributed by atoms with Gasteiger partial charge in [-0.15, -0.1) is 0 Å². The standard InChI is InChI=1S/C38H75N3O3/c1-3-4-5-6-7-8-9-10-11-12-13-14-15-16-17-18-19-20-23-29-37(43)39-31-24-26-34-41(2,33-25-21-22-27-35-42)36-40-32-28-30-38(40)44/h42H,3-36H2,1-2H3/p+1. The third-order valence-electron chi connectivity index (χ3n) is 9.74. The summed E-state index contributed by atoms with van der Waals surface area (Å²) >= 11 is 0. The van der Waals surface area contributed by atoms with Crippen molar-refractivity contribution in [3.8, 4) is 0 Å². The maximum atomic E-state index is 12.3. The summed E-state index contributed by atoms with van der Waals surface area (Å²) in [4.78, 5) is 26.6. The van der Waals surface area contributed by atoms with E-state index in [2.05, 4.69) is 24.2 Å². The SMILES string of the molecule is CCCCCCCCCCCCCCCCCCCCCC(=O)NCCCC[N+](C)(CCCCCCO)CN1CCCC1=O. The number of quaternary nitrogens is 1. The number of nitrogens with one attached hydrogen (secondary N) is 1. The van der Waals surface area contributed by atoms with Gasteiger partial charge in [-0.1, -0.05) is 129 Å². The Morgan fingerprint density at radius 1 is 0.682 bits per heavy atom. The molecular formula is C38H76N3O3+. The van der Waals surface area contributed by atoms with Crippen LogP contribution in [0.5, 0.6) is 0 Å². The number of aliphatic hydroxyl groups excluding tert-OH is 1. The highest BCUT2D eigenvalue weighted by Gasteiger charge is 2.29. The Hall–Kier alpha value is -1.14. The molecule has 260 valence electrons. The van der Waals surface area contributed by atoms with Crippen LogP contribution in [-0.4, -0.2) is 72.8 Å². The number of hydrogen-bond donors (Lipinski definition) is 2. The molecule has 1 atom stereocenters. The Morgan fingerprint density at radius 2 is 1.14 bits per heavy atom. The minimum atomic E-state index is 0.209. The van der Waals surface area contributed by atoms with Crippen molar-refractivity contribution >= 4 is 11.8 Å². The predicted octanol–water partition coefficient (Wildman–Crippen LogP) is 9.28. The molecule has 0 spiro atoms. The highest BCUT2D eigenvalue weighted by Crippen LogP contribution is 2.18.